The average molecular weight is 291 g/mol. The lowest BCUT2D eigenvalue weighted by atomic mass is 10.2. The molecular weight excluding hydrogens is 279 g/mol. The zero-order chi connectivity index (χ0) is 12.1. The molecule has 3 nitrogen and oxygen atoms in total. The summed E-state index contributed by atoms with van der Waals surface area (Å²) in [6.45, 7) is 2.38. The van der Waals surface area contributed by atoms with Gasteiger partial charge in [0.1, 0.15) is 11.3 Å². The van der Waals surface area contributed by atoms with Gasteiger partial charge in [0.05, 0.1) is 11.1 Å². The Hall–Kier alpha value is -1.10. The zero-order valence-corrected chi connectivity index (χ0v) is 10.4. The Morgan fingerprint density at radius 1 is 1.56 bits per heavy atom. The number of carboxylic acid groups (broad SMARTS) is 1. The molecule has 1 N–H and O–H groups in total. The van der Waals surface area contributed by atoms with E-state index in [1.165, 1.54) is 12.1 Å². The number of unbranched alkanes of at least 4 members (excludes halogenated alkanes) is 1. The van der Waals surface area contributed by atoms with Gasteiger partial charge < -0.3 is 9.84 Å². The topological polar surface area (TPSA) is 46.5 Å². The van der Waals surface area contributed by atoms with E-state index >= 15 is 0 Å². The summed E-state index contributed by atoms with van der Waals surface area (Å²) in [7, 11) is 0. The molecule has 16 heavy (non-hydrogen) atoms. The van der Waals surface area contributed by atoms with Gasteiger partial charge in [0.15, 0.2) is 5.82 Å². The molecule has 0 saturated heterocycles. The van der Waals surface area contributed by atoms with Crippen molar-refractivity contribution in [2.24, 2.45) is 0 Å². The first-order valence-corrected chi connectivity index (χ1v) is 5.71. The fourth-order valence-electron chi connectivity index (χ4n) is 1.18. The van der Waals surface area contributed by atoms with E-state index in [2.05, 4.69) is 15.9 Å². The van der Waals surface area contributed by atoms with Gasteiger partial charge >= 0.3 is 5.97 Å². The number of carboxylic acids is 1. The Bertz CT molecular complexity index is 393. The van der Waals surface area contributed by atoms with Crippen molar-refractivity contribution in [2.45, 2.75) is 19.8 Å². The highest BCUT2D eigenvalue weighted by Gasteiger charge is 2.19. The van der Waals surface area contributed by atoms with E-state index in [1.807, 2.05) is 6.92 Å². The molecule has 5 heteroatoms. The van der Waals surface area contributed by atoms with Crippen LogP contribution in [0.4, 0.5) is 4.39 Å². The molecule has 1 aromatic rings. The molecule has 88 valence electrons. The molecular formula is C11H12BrFO3. The molecule has 0 aliphatic carbocycles. The molecule has 0 bridgehead atoms. The van der Waals surface area contributed by atoms with Gasteiger partial charge in [-0.3, -0.25) is 0 Å². The number of benzene rings is 1. The number of aromatic carboxylic acids is 1. The van der Waals surface area contributed by atoms with Crippen LogP contribution in [-0.4, -0.2) is 17.7 Å². The molecule has 0 amide bonds. The molecule has 0 aromatic heterocycles. The van der Waals surface area contributed by atoms with Crippen molar-refractivity contribution in [2.75, 3.05) is 6.61 Å². The number of hydrogen-bond donors (Lipinski definition) is 1. The van der Waals surface area contributed by atoms with Crippen LogP contribution in [0.5, 0.6) is 5.75 Å². The number of carbonyl (C=O) groups is 1. The van der Waals surface area contributed by atoms with Crippen molar-refractivity contribution < 1.29 is 19.0 Å². The first kappa shape index (κ1) is 13.0. The first-order valence-electron chi connectivity index (χ1n) is 4.92. The summed E-state index contributed by atoms with van der Waals surface area (Å²) in [5, 5.41) is 8.89. The summed E-state index contributed by atoms with van der Waals surface area (Å²) >= 11 is 2.94. The van der Waals surface area contributed by atoms with Crippen molar-refractivity contribution >= 4 is 21.9 Å². The molecule has 1 aromatic carbocycles. The second-order valence-electron chi connectivity index (χ2n) is 3.24. The summed E-state index contributed by atoms with van der Waals surface area (Å²) in [5.41, 5.74) is -0.425. The number of hydrogen-bond acceptors (Lipinski definition) is 2. The maximum Gasteiger partial charge on any atom is 0.342 e. The highest BCUT2D eigenvalue weighted by molar-refractivity contribution is 9.10. The smallest absolute Gasteiger partial charge is 0.342 e. The van der Waals surface area contributed by atoms with Crippen LogP contribution in [0.3, 0.4) is 0 Å². The summed E-state index contributed by atoms with van der Waals surface area (Å²) in [4.78, 5) is 10.9. The third kappa shape index (κ3) is 2.95. The van der Waals surface area contributed by atoms with E-state index in [-0.39, 0.29) is 10.2 Å². The van der Waals surface area contributed by atoms with E-state index in [0.29, 0.717) is 6.61 Å². The summed E-state index contributed by atoms with van der Waals surface area (Å²) in [6.07, 6.45) is 1.73. The van der Waals surface area contributed by atoms with E-state index in [1.54, 1.807) is 0 Å². The summed E-state index contributed by atoms with van der Waals surface area (Å²) < 4.78 is 18.9. The van der Waals surface area contributed by atoms with Crippen LogP contribution in [0.1, 0.15) is 30.1 Å². The number of ether oxygens (including phenoxy) is 1. The maximum atomic E-state index is 13.5. The first-order chi connectivity index (χ1) is 7.57. The van der Waals surface area contributed by atoms with Crippen molar-refractivity contribution in [3.05, 3.63) is 28.0 Å². The lowest BCUT2D eigenvalue weighted by Crippen LogP contribution is -2.07. The van der Waals surface area contributed by atoms with Gasteiger partial charge in [0.25, 0.3) is 0 Å². The predicted octanol–water partition coefficient (Wildman–Crippen LogP) is 3.47. The Kier molecular flexibility index (Phi) is 4.73. The third-order valence-electron chi connectivity index (χ3n) is 2.03. The van der Waals surface area contributed by atoms with Crippen LogP contribution < -0.4 is 4.74 Å². The molecule has 0 unspecified atom stereocenters. The molecule has 1 rings (SSSR count). The van der Waals surface area contributed by atoms with E-state index in [9.17, 15) is 9.18 Å². The number of rotatable bonds is 5. The molecule has 0 fully saturated rings. The molecule has 0 aliphatic heterocycles. The minimum atomic E-state index is -1.33. The van der Waals surface area contributed by atoms with Crippen LogP contribution in [0.25, 0.3) is 0 Å². The average Bonchev–Trinajstić information content (AvgIpc) is 2.23. The second kappa shape index (κ2) is 5.84. The van der Waals surface area contributed by atoms with Gasteiger partial charge in [-0.25, -0.2) is 9.18 Å². The Labute approximate surface area is 101 Å². The normalized spacial score (nSPS) is 10.2. The highest BCUT2D eigenvalue weighted by atomic mass is 79.9. The standard InChI is InChI=1S/C11H12BrFO3/c1-2-3-6-16-8-5-4-7(12)10(13)9(8)11(14)15/h4-5H,2-3,6H2,1H3,(H,14,15). The second-order valence-corrected chi connectivity index (χ2v) is 4.10. The van der Waals surface area contributed by atoms with Crippen molar-refractivity contribution in [3.63, 3.8) is 0 Å². The van der Waals surface area contributed by atoms with Gasteiger partial charge in [-0.15, -0.1) is 0 Å². The quantitative estimate of drug-likeness (QED) is 0.845. The van der Waals surface area contributed by atoms with Crippen LogP contribution >= 0.6 is 15.9 Å². The van der Waals surface area contributed by atoms with Crippen LogP contribution in [-0.2, 0) is 0 Å². The lowest BCUT2D eigenvalue weighted by Gasteiger charge is -2.09. The monoisotopic (exact) mass is 290 g/mol. The highest BCUT2D eigenvalue weighted by Crippen LogP contribution is 2.27. The molecule has 0 spiro atoms. The van der Waals surface area contributed by atoms with Gasteiger partial charge in [-0.05, 0) is 34.5 Å². The minimum Gasteiger partial charge on any atom is -0.493 e. The SMILES string of the molecule is CCCCOc1ccc(Br)c(F)c1C(=O)O. The van der Waals surface area contributed by atoms with Gasteiger partial charge in [0, 0.05) is 0 Å². The van der Waals surface area contributed by atoms with Gasteiger partial charge in [-0.1, -0.05) is 13.3 Å². The molecule has 0 aliphatic rings. The Morgan fingerprint density at radius 3 is 2.81 bits per heavy atom. The minimum absolute atomic E-state index is 0.0710. The summed E-state index contributed by atoms with van der Waals surface area (Å²) in [6, 6.07) is 2.88. The van der Waals surface area contributed by atoms with Gasteiger partial charge in [0.2, 0.25) is 0 Å². The zero-order valence-electron chi connectivity index (χ0n) is 8.80. The van der Waals surface area contributed by atoms with Crippen LogP contribution in [0.2, 0.25) is 0 Å². The van der Waals surface area contributed by atoms with Crippen molar-refractivity contribution in [1.29, 1.82) is 0 Å². The van der Waals surface area contributed by atoms with Crippen molar-refractivity contribution in [3.8, 4) is 5.75 Å². The Morgan fingerprint density at radius 2 is 2.25 bits per heavy atom. The third-order valence-corrected chi connectivity index (χ3v) is 2.64. The van der Waals surface area contributed by atoms with Gasteiger partial charge in [-0.2, -0.15) is 0 Å². The van der Waals surface area contributed by atoms with E-state index < -0.39 is 17.3 Å². The largest absolute Gasteiger partial charge is 0.493 e. The fraction of sp³-hybridized carbons (Fsp3) is 0.364. The fourth-order valence-corrected chi connectivity index (χ4v) is 1.51. The predicted molar refractivity (Wildman–Crippen MR) is 61.5 cm³/mol. The van der Waals surface area contributed by atoms with Crippen LogP contribution in [0, 0.1) is 5.82 Å². The molecule has 0 heterocycles. The Balaban J connectivity index is 2.99. The molecule has 0 atom stereocenters. The molecule has 0 radical (unpaired) electrons. The summed E-state index contributed by atoms with van der Waals surface area (Å²) in [5.74, 6) is -2.06. The van der Waals surface area contributed by atoms with E-state index in [4.69, 9.17) is 9.84 Å². The maximum absolute atomic E-state index is 13.5. The van der Waals surface area contributed by atoms with Crippen molar-refractivity contribution in [1.82, 2.24) is 0 Å². The lowest BCUT2D eigenvalue weighted by molar-refractivity contribution is 0.0686. The van der Waals surface area contributed by atoms with E-state index in [0.717, 1.165) is 12.8 Å². The van der Waals surface area contributed by atoms with Crippen LogP contribution in [0.15, 0.2) is 16.6 Å². The molecule has 0 saturated carbocycles. The number of halogens is 2.